The van der Waals surface area contributed by atoms with Crippen LogP contribution in [-0.2, 0) is 0 Å². The van der Waals surface area contributed by atoms with Gasteiger partial charge < -0.3 is 30.3 Å². The van der Waals surface area contributed by atoms with Gasteiger partial charge >= 0.3 is 0 Å². The van der Waals surface area contributed by atoms with Gasteiger partial charge in [0.15, 0.2) is 0 Å². The van der Waals surface area contributed by atoms with Crippen LogP contribution in [0, 0.1) is 0 Å². The minimum atomic E-state index is -0.508. The molecule has 0 heterocycles. The molecule has 166 valence electrons. The van der Waals surface area contributed by atoms with Crippen LogP contribution >= 0.6 is 0 Å². The Morgan fingerprint density at radius 1 is 0.600 bits per heavy atom. The summed E-state index contributed by atoms with van der Waals surface area (Å²) in [6, 6.07) is 19.1. The fraction of sp³-hybridized carbons (Fsp3) is 0.500. The first kappa shape index (κ1) is 24.2. The number of hydrogen-bond donors (Lipinski definition) is 4. The fourth-order valence-corrected chi connectivity index (χ4v) is 2.93. The molecule has 4 N–H and O–H groups in total. The standard InChI is InChI=1S/C24H36N2O4/c27-21(19-29-23-11-5-3-6-12-23)17-25-15-9-1-2-10-16-26-18-22(28)20-30-24-13-7-4-8-14-24/h3-8,11-14,21-22,25-28H,1-2,9-10,15-20H2/t21-,22-/m1/s1. The maximum Gasteiger partial charge on any atom is 0.119 e. The Hall–Kier alpha value is -2.12. The molecule has 2 atom stereocenters. The Morgan fingerprint density at radius 2 is 1.00 bits per heavy atom. The van der Waals surface area contributed by atoms with Gasteiger partial charge in [-0.15, -0.1) is 0 Å². The molecule has 0 bridgehead atoms. The van der Waals surface area contributed by atoms with Crippen molar-refractivity contribution in [1.82, 2.24) is 10.6 Å². The smallest absolute Gasteiger partial charge is 0.119 e. The van der Waals surface area contributed by atoms with E-state index in [1.807, 2.05) is 60.7 Å². The highest BCUT2D eigenvalue weighted by atomic mass is 16.5. The summed E-state index contributed by atoms with van der Waals surface area (Å²) < 4.78 is 11.1. The molecule has 0 aromatic heterocycles. The number of para-hydroxylation sites is 2. The Morgan fingerprint density at radius 3 is 1.40 bits per heavy atom. The molecule has 0 saturated carbocycles. The quantitative estimate of drug-likeness (QED) is 0.297. The lowest BCUT2D eigenvalue weighted by atomic mass is 10.2. The van der Waals surface area contributed by atoms with E-state index in [9.17, 15) is 10.2 Å². The second-order valence-corrected chi connectivity index (χ2v) is 7.38. The van der Waals surface area contributed by atoms with Gasteiger partial charge in [-0.05, 0) is 50.2 Å². The van der Waals surface area contributed by atoms with E-state index in [2.05, 4.69) is 10.6 Å². The lowest BCUT2D eigenvalue weighted by Crippen LogP contribution is -2.32. The summed E-state index contributed by atoms with van der Waals surface area (Å²) in [6.45, 7) is 3.46. The maximum atomic E-state index is 9.93. The summed E-state index contributed by atoms with van der Waals surface area (Å²) in [7, 11) is 0. The molecule has 6 nitrogen and oxygen atoms in total. The van der Waals surface area contributed by atoms with Crippen LogP contribution < -0.4 is 20.1 Å². The Kier molecular flexibility index (Phi) is 12.6. The third-order valence-electron chi connectivity index (χ3n) is 4.59. The van der Waals surface area contributed by atoms with Crippen LogP contribution in [0.15, 0.2) is 60.7 Å². The van der Waals surface area contributed by atoms with E-state index < -0.39 is 12.2 Å². The van der Waals surface area contributed by atoms with Crippen molar-refractivity contribution >= 4 is 0 Å². The SMILES string of the molecule is O[C@H](CNCCCCCCNC[C@@H](O)COc1ccccc1)COc1ccccc1. The predicted molar refractivity (Wildman–Crippen MR) is 120 cm³/mol. The zero-order valence-corrected chi connectivity index (χ0v) is 17.7. The van der Waals surface area contributed by atoms with Crippen molar-refractivity contribution in [1.29, 1.82) is 0 Å². The predicted octanol–water partition coefficient (Wildman–Crippen LogP) is 2.61. The molecule has 0 radical (unpaired) electrons. The van der Waals surface area contributed by atoms with Gasteiger partial charge in [0, 0.05) is 13.1 Å². The molecule has 2 aromatic rings. The molecule has 2 aromatic carbocycles. The van der Waals surface area contributed by atoms with Crippen LogP contribution in [0.3, 0.4) is 0 Å². The van der Waals surface area contributed by atoms with Crippen LogP contribution in [0.25, 0.3) is 0 Å². The largest absolute Gasteiger partial charge is 0.491 e. The molecular weight excluding hydrogens is 380 g/mol. The van der Waals surface area contributed by atoms with Crippen LogP contribution in [-0.4, -0.2) is 61.8 Å². The summed E-state index contributed by atoms with van der Waals surface area (Å²) in [6.07, 6.45) is 3.44. The monoisotopic (exact) mass is 416 g/mol. The topological polar surface area (TPSA) is 83.0 Å². The van der Waals surface area contributed by atoms with Gasteiger partial charge in [0.2, 0.25) is 0 Å². The van der Waals surface area contributed by atoms with Gasteiger partial charge in [-0.2, -0.15) is 0 Å². The second kappa shape index (κ2) is 15.7. The van der Waals surface area contributed by atoms with Gasteiger partial charge in [0.05, 0.1) is 0 Å². The molecule has 0 saturated heterocycles. The number of unbranched alkanes of at least 4 members (excludes halogenated alkanes) is 3. The van der Waals surface area contributed by atoms with Crippen molar-refractivity contribution in [3.05, 3.63) is 60.7 Å². The summed E-state index contributed by atoms with van der Waals surface area (Å²) in [5.41, 5.74) is 0. The van der Waals surface area contributed by atoms with E-state index in [1.54, 1.807) is 0 Å². The molecule has 0 aliphatic rings. The van der Waals surface area contributed by atoms with E-state index in [1.165, 1.54) is 0 Å². The van der Waals surface area contributed by atoms with E-state index in [4.69, 9.17) is 9.47 Å². The molecule has 0 aliphatic heterocycles. The fourth-order valence-electron chi connectivity index (χ4n) is 2.93. The van der Waals surface area contributed by atoms with Crippen molar-refractivity contribution in [2.75, 3.05) is 39.4 Å². The zero-order chi connectivity index (χ0) is 21.3. The minimum absolute atomic E-state index is 0.297. The Labute approximate surface area is 180 Å². The third kappa shape index (κ3) is 11.8. The van der Waals surface area contributed by atoms with Crippen LogP contribution in [0.5, 0.6) is 11.5 Å². The maximum absolute atomic E-state index is 9.93. The first-order valence-corrected chi connectivity index (χ1v) is 10.9. The number of aliphatic hydroxyl groups is 2. The van der Waals surface area contributed by atoms with E-state index in [-0.39, 0.29) is 0 Å². The van der Waals surface area contributed by atoms with Crippen LogP contribution in [0.2, 0.25) is 0 Å². The molecular formula is C24H36N2O4. The first-order chi connectivity index (χ1) is 14.7. The number of nitrogens with one attached hydrogen (secondary N) is 2. The van der Waals surface area contributed by atoms with Crippen molar-refractivity contribution in [3.63, 3.8) is 0 Å². The van der Waals surface area contributed by atoms with Crippen molar-refractivity contribution in [2.24, 2.45) is 0 Å². The van der Waals surface area contributed by atoms with Gasteiger partial charge in [-0.1, -0.05) is 49.2 Å². The number of rotatable bonds is 17. The molecule has 0 aliphatic carbocycles. The molecule has 0 amide bonds. The minimum Gasteiger partial charge on any atom is -0.491 e. The summed E-state index contributed by atoms with van der Waals surface area (Å²) in [5.74, 6) is 1.56. The van der Waals surface area contributed by atoms with E-state index in [0.717, 1.165) is 50.3 Å². The first-order valence-electron chi connectivity index (χ1n) is 10.9. The van der Waals surface area contributed by atoms with Gasteiger partial charge in [0.25, 0.3) is 0 Å². The summed E-state index contributed by atoms with van der Waals surface area (Å²) in [5, 5.41) is 26.4. The van der Waals surface area contributed by atoms with Gasteiger partial charge in [0.1, 0.15) is 36.9 Å². The van der Waals surface area contributed by atoms with Crippen molar-refractivity contribution in [2.45, 2.75) is 37.9 Å². The highest BCUT2D eigenvalue weighted by Crippen LogP contribution is 2.09. The molecule has 0 spiro atoms. The highest BCUT2D eigenvalue weighted by Gasteiger charge is 2.05. The molecule has 6 heteroatoms. The van der Waals surface area contributed by atoms with E-state index in [0.29, 0.717) is 26.3 Å². The van der Waals surface area contributed by atoms with Crippen LogP contribution in [0.4, 0.5) is 0 Å². The van der Waals surface area contributed by atoms with Crippen molar-refractivity contribution < 1.29 is 19.7 Å². The van der Waals surface area contributed by atoms with Gasteiger partial charge in [-0.25, -0.2) is 0 Å². The molecule has 0 unspecified atom stereocenters. The van der Waals surface area contributed by atoms with E-state index >= 15 is 0 Å². The lowest BCUT2D eigenvalue weighted by molar-refractivity contribution is 0.106. The average Bonchev–Trinajstić information content (AvgIpc) is 2.79. The van der Waals surface area contributed by atoms with Crippen LogP contribution in [0.1, 0.15) is 25.7 Å². The Balaban J connectivity index is 1.33. The lowest BCUT2D eigenvalue weighted by Gasteiger charge is -2.14. The average molecular weight is 417 g/mol. The van der Waals surface area contributed by atoms with Gasteiger partial charge in [-0.3, -0.25) is 0 Å². The molecule has 2 rings (SSSR count). The summed E-state index contributed by atoms with van der Waals surface area (Å²) >= 11 is 0. The number of hydrogen-bond acceptors (Lipinski definition) is 6. The Bertz CT molecular complexity index is 585. The summed E-state index contributed by atoms with van der Waals surface area (Å²) in [4.78, 5) is 0. The molecule has 30 heavy (non-hydrogen) atoms. The zero-order valence-electron chi connectivity index (χ0n) is 17.7. The highest BCUT2D eigenvalue weighted by molar-refractivity contribution is 5.21. The molecule has 0 fully saturated rings. The third-order valence-corrected chi connectivity index (χ3v) is 4.59. The number of ether oxygens (including phenoxy) is 2. The van der Waals surface area contributed by atoms with Crippen molar-refractivity contribution in [3.8, 4) is 11.5 Å². The number of benzene rings is 2. The normalized spacial score (nSPS) is 13.0. The second-order valence-electron chi connectivity index (χ2n) is 7.38. The number of aliphatic hydroxyl groups excluding tert-OH is 2.